The van der Waals surface area contributed by atoms with Crippen molar-refractivity contribution in [2.45, 2.75) is 6.18 Å². The average Bonchev–Trinajstić information content (AvgIpc) is 2.28. The van der Waals surface area contributed by atoms with Crippen molar-refractivity contribution in [3.05, 3.63) is 33.9 Å². The summed E-state index contributed by atoms with van der Waals surface area (Å²) in [5, 5.41) is 13.0. The summed E-state index contributed by atoms with van der Waals surface area (Å²) in [5.41, 5.74) is -1.86. The Bertz CT molecular complexity index is 435. The van der Waals surface area contributed by atoms with Crippen molar-refractivity contribution >= 4 is 11.4 Å². The van der Waals surface area contributed by atoms with Gasteiger partial charge in [0.2, 0.25) is 0 Å². The second kappa shape index (κ2) is 5.67. The van der Waals surface area contributed by atoms with E-state index in [4.69, 9.17) is 4.74 Å². The van der Waals surface area contributed by atoms with E-state index >= 15 is 0 Å². The van der Waals surface area contributed by atoms with Gasteiger partial charge in [-0.15, -0.1) is 0 Å². The molecule has 1 rings (SSSR count). The van der Waals surface area contributed by atoms with E-state index in [0.29, 0.717) is 6.07 Å². The third kappa shape index (κ3) is 3.59. The van der Waals surface area contributed by atoms with Crippen molar-refractivity contribution < 1.29 is 22.8 Å². The molecule has 0 aliphatic heterocycles. The zero-order valence-electron chi connectivity index (χ0n) is 9.45. The molecule has 5 nitrogen and oxygen atoms in total. The highest BCUT2D eigenvalue weighted by atomic mass is 19.4. The maximum atomic E-state index is 12.7. The van der Waals surface area contributed by atoms with Crippen LogP contribution < -0.4 is 5.32 Å². The normalized spacial score (nSPS) is 11.3. The van der Waals surface area contributed by atoms with Gasteiger partial charge in [-0.1, -0.05) is 0 Å². The van der Waals surface area contributed by atoms with Gasteiger partial charge in [-0.2, -0.15) is 13.2 Å². The first-order valence-electron chi connectivity index (χ1n) is 4.94. The molecule has 0 aliphatic rings. The number of benzene rings is 1. The summed E-state index contributed by atoms with van der Waals surface area (Å²) in [6.07, 6.45) is -4.65. The van der Waals surface area contributed by atoms with E-state index in [1.807, 2.05) is 0 Å². The maximum Gasteiger partial charge on any atom is 0.418 e. The molecule has 0 saturated carbocycles. The molecule has 0 aromatic heterocycles. The summed E-state index contributed by atoms with van der Waals surface area (Å²) in [6.45, 7) is 0.408. The number of ether oxygens (including phenoxy) is 1. The number of methoxy groups -OCH3 is 1. The standard InChI is InChI=1S/C10H11F3N2O3/c1-18-5-4-14-9-3-2-7(15(16)17)6-8(9)10(11,12)13/h2-3,6,14H,4-5H2,1H3. The van der Waals surface area contributed by atoms with Crippen molar-refractivity contribution in [3.63, 3.8) is 0 Å². The molecule has 1 N–H and O–H groups in total. The molecule has 0 radical (unpaired) electrons. The number of rotatable bonds is 5. The van der Waals surface area contributed by atoms with Gasteiger partial charge in [0, 0.05) is 31.5 Å². The van der Waals surface area contributed by atoms with Crippen LogP contribution in [-0.2, 0) is 10.9 Å². The average molecular weight is 264 g/mol. The van der Waals surface area contributed by atoms with Crippen LogP contribution in [-0.4, -0.2) is 25.2 Å². The number of non-ortho nitro benzene ring substituents is 1. The van der Waals surface area contributed by atoms with Crippen molar-refractivity contribution in [3.8, 4) is 0 Å². The molecule has 0 aliphatic carbocycles. The van der Waals surface area contributed by atoms with Crippen molar-refractivity contribution in [2.24, 2.45) is 0 Å². The van der Waals surface area contributed by atoms with E-state index in [1.54, 1.807) is 0 Å². The van der Waals surface area contributed by atoms with Crippen LogP contribution in [0.3, 0.4) is 0 Å². The number of nitro groups is 1. The van der Waals surface area contributed by atoms with Crippen LogP contribution in [0.25, 0.3) is 0 Å². The molecule has 0 unspecified atom stereocenters. The van der Waals surface area contributed by atoms with Gasteiger partial charge in [-0.3, -0.25) is 10.1 Å². The quantitative estimate of drug-likeness (QED) is 0.504. The highest BCUT2D eigenvalue weighted by Crippen LogP contribution is 2.36. The molecule has 0 fully saturated rings. The molecule has 0 heterocycles. The lowest BCUT2D eigenvalue weighted by Crippen LogP contribution is -2.14. The van der Waals surface area contributed by atoms with Gasteiger partial charge in [-0.25, -0.2) is 0 Å². The zero-order chi connectivity index (χ0) is 13.8. The molecule has 1 aromatic carbocycles. The second-order valence-electron chi connectivity index (χ2n) is 3.40. The Kier molecular flexibility index (Phi) is 4.49. The molecule has 8 heteroatoms. The number of nitro benzene ring substituents is 1. The van der Waals surface area contributed by atoms with Crippen LogP contribution >= 0.6 is 0 Å². The number of halogens is 3. The number of nitrogens with one attached hydrogen (secondary N) is 1. The van der Waals surface area contributed by atoms with Crippen LogP contribution in [0.4, 0.5) is 24.5 Å². The minimum atomic E-state index is -4.65. The summed E-state index contributed by atoms with van der Waals surface area (Å²) >= 11 is 0. The number of hydrogen-bond donors (Lipinski definition) is 1. The summed E-state index contributed by atoms with van der Waals surface area (Å²) < 4.78 is 42.8. The van der Waals surface area contributed by atoms with Crippen LogP contribution in [0.1, 0.15) is 5.56 Å². The summed E-state index contributed by atoms with van der Waals surface area (Å²) in [6, 6.07) is 2.57. The van der Waals surface area contributed by atoms with E-state index in [1.165, 1.54) is 7.11 Å². The number of nitrogens with zero attached hydrogens (tertiary/aromatic N) is 1. The Morgan fingerprint density at radius 1 is 1.44 bits per heavy atom. The minimum Gasteiger partial charge on any atom is -0.383 e. The van der Waals surface area contributed by atoms with Gasteiger partial charge < -0.3 is 10.1 Å². The third-order valence-corrected chi connectivity index (χ3v) is 2.14. The van der Waals surface area contributed by atoms with Crippen LogP contribution in [0.15, 0.2) is 18.2 Å². The monoisotopic (exact) mass is 264 g/mol. The smallest absolute Gasteiger partial charge is 0.383 e. The molecule has 0 bridgehead atoms. The molecular weight excluding hydrogens is 253 g/mol. The highest BCUT2D eigenvalue weighted by molar-refractivity contribution is 5.57. The van der Waals surface area contributed by atoms with Crippen molar-refractivity contribution in [1.29, 1.82) is 0 Å². The van der Waals surface area contributed by atoms with E-state index in [9.17, 15) is 23.3 Å². The first-order valence-corrected chi connectivity index (χ1v) is 4.94. The van der Waals surface area contributed by atoms with Gasteiger partial charge in [0.15, 0.2) is 0 Å². The molecule has 100 valence electrons. The first-order chi connectivity index (χ1) is 8.36. The summed E-state index contributed by atoms with van der Waals surface area (Å²) in [5.74, 6) is 0. The highest BCUT2D eigenvalue weighted by Gasteiger charge is 2.35. The lowest BCUT2D eigenvalue weighted by atomic mass is 10.1. The summed E-state index contributed by atoms with van der Waals surface area (Å²) in [4.78, 5) is 9.58. The Hall–Kier alpha value is -1.83. The van der Waals surface area contributed by atoms with E-state index in [0.717, 1.165) is 12.1 Å². The fraction of sp³-hybridized carbons (Fsp3) is 0.400. The van der Waals surface area contributed by atoms with Crippen molar-refractivity contribution in [1.82, 2.24) is 0 Å². The molecule has 0 spiro atoms. The molecule has 0 amide bonds. The van der Waals surface area contributed by atoms with Gasteiger partial charge in [0.25, 0.3) is 5.69 Å². The minimum absolute atomic E-state index is 0.178. The van der Waals surface area contributed by atoms with Gasteiger partial charge >= 0.3 is 6.18 Å². The SMILES string of the molecule is COCCNc1ccc([N+](=O)[O-])cc1C(F)(F)F. The fourth-order valence-electron chi connectivity index (χ4n) is 1.32. The first kappa shape index (κ1) is 14.2. The Labute approximate surface area is 101 Å². The fourth-order valence-corrected chi connectivity index (χ4v) is 1.32. The number of anilines is 1. The lowest BCUT2D eigenvalue weighted by Gasteiger charge is -2.14. The predicted octanol–water partition coefficient (Wildman–Crippen LogP) is 2.67. The van der Waals surface area contributed by atoms with E-state index in [-0.39, 0.29) is 18.8 Å². The number of alkyl halides is 3. The van der Waals surface area contributed by atoms with Gasteiger partial charge in [0.1, 0.15) is 0 Å². The Morgan fingerprint density at radius 2 is 2.11 bits per heavy atom. The van der Waals surface area contributed by atoms with E-state index in [2.05, 4.69) is 5.32 Å². The molecule has 1 aromatic rings. The largest absolute Gasteiger partial charge is 0.418 e. The van der Waals surface area contributed by atoms with Crippen LogP contribution in [0.2, 0.25) is 0 Å². The zero-order valence-corrected chi connectivity index (χ0v) is 9.45. The van der Waals surface area contributed by atoms with Crippen LogP contribution in [0.5, 0.6) is 0 Å². The topological polar surface area (TPSA) is 64.4 Å². The Balaban J connectivity index is 3.05. The maximum absolute atomic E-state index is 12.7. The summed E-state index contributed by atoms with van der Waals surface area (Å²) in [7, 11) is 1.42. The molecular formula is C10H11F3N2O3. The molecule has 0 atom stereocenters. The van der Waals surface area contributed by atoms with Crippen molar-refractivity contribution in [2.75, 3.05) is 25.6 Å². The molecule has 0 saturated heterocycles. The lowest BCUT2D eigenvalue weighted by molar-refractivity contribution is -0.385. The Morgan fingerprint density at radius 3 is 2.61 bits per heavy atom. The second-order valence-corrected chi connectivity index (χ2v) is 3.40. The molecule has 18 heavy (non-hydrogen) atoms. The predicted molar refractivity (Wildman–Crippen MR) is 58.5 cm³/mol. The van der Waals surface area contributed by atoms with Crippen LogP contribution in [0, 0.1) is 10.1 Å². The number of hydrogen-bond acceptors (Lipinski definition) is 4. The third-order valence-electron chi connectivity index (χ3n) is 2.14. The van der Waals surface area contributed by atoms with Gasteiger partial charge in [0.05, 0.1) is 17.1 Å². The van der Waals surface area contributed by atoms with Gasteiger partial charge in [-0.05, 0) is 6.07 Å². The van der Waals surface area contributed by atoms with E-state index < -0.39 is 22.4 Å².